The van der Waals surface area contributed by atoms with Gasteiger partial charge in [0.05, 0.1) is 11.5 Å². The number of carbonyl (C=O) groups excluding carboxylic acids is 1. The lowest BCUT2D eigenvalue weighted by atomic mass is 10.0. The van der Waals surface area contributed by atoms with Crippen molar-refractivity contribution in [1.29, 1.82) is 0 Å². The number of hydrogen-bond acceptors (Lipinski definition) is 6. The number of ether oxygens (including phenoxy) is 2. The third-order valence-corrected chi connectivity index (χ3v) is 5.00. The summed E-state index contributed by atoms with van der Waals surface area (Å²) in [4.78, 5) is 25.0. The average molecular weight is 383 g/mol. The van der Waals surface area contributed by atoms with E-state index in [0.29, 0.717) is 18.9 Å². The number of amides is 1. The van der Waals surface area contributed by atoms with Crippen LogP contribution in [0.15, 0.2) is 42.5 Å². The number of carbonyl (C=O) groups is 1. The van der Waals surface area contributed by atoms with Gasteiger partial charge in [-0.2, -0.15) is 0 Å². The fraction of sp³-hybridized carbons (Fsp3) is 0.350. The van der Waals surface area contributed by atoms with Gasteiger partial charge in [-0.1, -0.05) is 12.1 Å². The van der Waals surface area contributed by atoms with Crippen LogP contribution >= 0.6 is 0 Å². The fourth-order valence-corrected chi connectivity index (χ4v) is 3.74. The molecule has 1 fully saturated rings. The van der Waals surface area contributed by atoms with Crippen molar-refractivity contribution in [2.45, 2.75) is 18.9 Å². The number of rotatable bonds is 5. The molecular formula is C20H21N3O5. The first kappa shape index (κ1) is 18.2. The van der Waals surface area contributed by atoms with E-state index < -0.39 is 4.92 Å². The minimum absolute atomic E-state index is 0.0480. The maximum absolute atomic E-state index is 12.5. The van der Waals surface area contributed by atoms with Crippen molar-refractivity contribution in [3.63, 3.8) is 0 Å². The first-order valence-electron chi connectivity index (χ1n) is 9.28. The molecule has 0 saturated carbocycles. The molecule has 0 unspecified atom stereocenters. The van der Waals surface area contributed by atoms with Gasteiger partial charge >= 0.3 is 0 Å². The number of likely N-dealkylation sites (tertiary alicyclic amines) is 1. The van der Waals surface area contributed by atoms with E-state index in [0.717, 1.165) is 36.4 Å². The van der Waals surface area contributed by atoms with Gasteiger partial charge in [-0.25, -0.2) is 0 Å². The van der Waals surface area contributed by atoms with Gasteiger partial charge in [0.2, 0.25) is 5.91 Å². The summed E-state index contributed by atoms with van der Waals surface area (Å²) in [5.41, 5.74) is 1.48. The highest BCUT2D eigenvalue weighted by Crippen LogP contribution is 2.37. The number of non-ortho nitro benzene ring substituents is 1. The highest BCUT2D eigenvalue weighted by atomic mass is 16.6. The molecule has 0 radical (unpaired) electrons. The van der Waals surface area contributed by atoms with Crippen LogP contribution in [0.2, 0.25) is 0 Å². The zero-order chi connectivity index (χ0) is 19.5. The second kappa shape index (κ2) is 7.85. The van der Waals surface area contributed by atoms with Crippen molar-refractivity contribution < 1.29 is 19.2 Å². The summed E-state index contributed by atoms with van der Waals surface area (Å²) in [7, 11) is 0. The van der Waals surface area contributed by atoms with Gasteiger partial charge < -0.3 is 14.8 Å². The number of benzene rings is 2. The Hall–Kier alpha value is -3.13. The molecule has 2 aromatic carbocycles. The SMILES string of the molecule is O=C(CN1CCC[C@@H]1c1ccc2c(c1)OCCO2)Nc1cccc([N+](=O)[O-])c1. The van der Waals surface area contributed by atoms with Gasteiger partial charge in [-0.15, -0.1) is 0 Å². The van der Waals surface area contributed by atoms with Gasteiger partial charge in [-0.05, 0) is 43.1 Å². The Labute approximate surface area is 162 Å². The first-order valence-corrected chi connectivity index (χ1v) is 9.28. The van der Waals surface area contributed by atoms with Gasteiger partial charge in [0.1, 0.15) is 13.2 Å². The molecule has 28 heavy (non-hydrogen) atoms. The molecule has 0 aliphatic carbocycles. The molecular weight excluding hydrogens is 362 g/mol. The van der Waals surface area contributed by atoms with Crippen LogP contribution in [0.5, 0.6) is 11.5 Å². The minimum atomic E-state index is -0.478. The molecule has 8 nitrogen and oxygen atoms in total. The van der Waals surface area contributed by atoms with Crippen LogP contribution in [-0.2, 0) is 4.79 Å². The second-order valence-electron chi connectivity index (χ2n) is 6.89. The molecule has 1 N–H and O–H groups in total. The molecule has 2 aliphatic heterocycles. The third kappa shape index (κ3) is 3.91. The zero-order valence-corrected chi connectivity index (χ0v) is 15.3. The van der Waals surface area contributed by atoms with E-state index in [-0.39, 0.29) is 24.2 Å². The van der Waals surface area contributed by atoms with Crippen molar-refractivity contribution in [3.05, 3.63) is 58.1 Å². The van der Waals surface area contributed by atoms with Crippen LogP contribution in [0.25, 0.3) is 0 Å². The molecule has 1 amide bonds. The average Bonchev–Trinajstić information content (AvgIpc) is 3.15. The largest absolute Gasteiger partial charge is 0.486 e. The van der Waals surface area contributed by atoms with E-state index in [2.05, 4.69) is 10.2 Å². The molecule has 2 aliphatic rings. The predicted molar refractivity (Wildman–Crippen MR) is 103 cm³/mol. The monoisotopic (exact) mass is 383 g/mol. The summed E-state index contributed by atoms with van der Waals surface area (Å²) in [5, 5.41) is 13.6. The highest BCUT2D eigenvalue weighted by molar-refractivity contribution is 5.92. The summed E-state index contributed by atoms with van der Waals surface area (Å²) < 4.78 is 11.2. The van der Waals surface area contributed by atoms with Gasteiger partial charge in [0.15, 0.2) is 11.5 Å². The fourth-order valence-electron chi connectivity index (χ4n) is 3.74. The molecule has 4 rings (SSSR count). The summed E-state index contributed by atoms with van der Waals surface area (Å²) in [6.45, 7) is 2.14. The van der Waals surface area contributed by atoms with Crippen molar-refractivity contribution in [1.82, 2.24) is 4.90 Å². The van der Waals surface area contributed by atoms with Crippen molar-refractivity contribution in [2.24, 2.45) is 0 Å². The van der Waals surface area contributed by atoms with Gasteiger partial charge in [0, 0.05) is 23.9 Å². The Kier molecular flexibility index (Phi) is 5.12. The predicted octanol–water partition coefficient (Wildman–Crippen LogP) is 3.14. The molecule has 2 aromatic rings. The molecule has 0 bridgehead atoms. The van der Waals surface area contributed by atoms with E-state index >= 15 is 0 Å². The van der Waals surface area contributed by atoms with E-state index in [1.165, 1.54) is 12.1 Å². The number of hydrogen-bond donors (Lipinski definition) is 1. The zero-order valence-electron chi connectivity index (χ0n) is 15.3. The Bertz CT molecular complexity index is 901. The van der Waals surface area contributed by atoms with Crippen LogP contribution in [0, 0.1) is 10.1 Å². The van der Waals surface area contributed by atoms with Crippen LogP contribution in [0.3, 0.4) is 0 Å². The summed E-state index contributed by atoms with van der Waals surface area (Å²) in [6, 6.07) is 12.0. The molecule has 2 heterocycles. The lowest BCUT2D eigenvalue weighted by Gasteiger charge is -2.26. The smallest absolute Gasteiger partial charge is 0.271 e. The number of nitro benzene ring substituents is 1. The van der Waals surface area contributed by atoms with E-state index in [1.54, 1.807) is 12.1 Å². The lowest BCUT2D eigenvalue weighted by Crippen LogP contribution is -2.33. The summed E-state index contributed by atoms with van der Waals surface area (Å²) in [6.07, 6.45) is 1.97. The molecule has 1 saturated heterocycles. The minimum Gasteiger partial charge on any atom is -0.486 e. The number of nitrogens with zero attached hydrogens (tertiary/aromatic N) is 2. The Morgan fingerprint density at radius 2 is 2.00 bits per heavy atom. The third-order valence-electron chi connectivity index (χ3n) is 5.00. The van der Waals surface area contributed by atoms with Gasteiger partial charge in [0.25, 0.3) is 5.69 Å². The molecule has 8 heteroatoms. The number of nitro groups is 1. The molecule has 0 spiro atoms. The number of anilines is 1. The van der Waals surface area contributed by atoms with Crippen LogP contribution in [0.4, 0.5) is 11.4 Å². The quantitative estimate of drug-likeness (QED) is 0.630. The van der Waals surface area contributed by atoms with Crippen LogP contribution in [-0.4, -0.2) is 42.0 Å². The van der Waals surface area contributed by atoms with E-state index in [1.807, 2.05) is 18.2 Å². The van der Waals surface area contributed by atoms with Crippen LogP contribution < -0.4 is 14.8 Å². The number of fused-ring (bicyclic) bond motifs is 1. The summed E-state index contributed by atoms with van der Waals surface area (Å²) in [5.74, 6) is 1.31. The van der Waals surface area contributed by atoms with Crippen molar-refractivity contribution in [3.8, 4) is 11.5 Å². The number of nitrogens with one attached hydrogen (secondary N) is 1. The van der Waals surface area contributed by atoms with E-state index in [4.69, 9.17) is 9.47 Å². The van der Waals surface area contributed by atoms with Crippen molar-refractivity contribution >= 4 is 17.3 Å². The standard InChI is InChI=1S/C20H21N3O5/c24-20(21-15-3-1-4-16(12-15)23(25)26)13-22-8-2-5-17(22)14-6-7-18-19(11-14)28-10-9-27-18/h1,3-4,6-7,11-12,17H,2,5,8-10,13H2,(H,21,24)/t17-/m1/s1. The van der Waals surface area contributed by atoms with Gasteiger partial charge in [-0.3, -0.25) is 19.8 Å². The molecule has 1 atom stereocenters. The normalized spacial score (nSPS) is 18.6. The Morgan fingerprint density at radius 1 is 1.18 bits per heavy atom. The topological polar surface area (TPSA) is 93.9 Å². The maximum atomic E-state index is 12.5. The highest BCUT2D eigenvalue weighted by Gasteiger charge is 2.28. The lowest BCUT2D eigenvalue weighted by molar-refractivity contribution is -0.384. The Balaban J connectivity index is 1.43. The molecule has 146 valence electrons. The Morgan fingerprint density at radius 3 is 2.82 bits per heavy atom. The van der Waals surface area contributed by atoms with Crippen LogP contribution in [0.1, 0.15) is 24.4 Å². The second-order valence-corrected chi connectivity index (χ2v) is 6.89. The van der Waals surface area contributed by atoms with E-state index in [9.17, 15) is 14.9 Å². The molecule has 0 aromatic heterocycles. The maximum Gasteiger partial charge on any atom is 0.271 e. The van der Waals surface area contributed by atoms with Crippen molar-refractivity contribution in [2.75, 3.05) is 31.6 Å². The summed E-state index contributed by atoms with van der Waals surface area (Å²) >= 11 is 0. The first-order chi connectivity index (χ1) is 13.6.